The van der Waals surface area contributed by atoms with Crippen LogP contribution in [0.25, 0.3) is 0 Å². The summed E-state index contributed by atoms with van der Waals surface area (Å²) in [6.45, 7) is 3.76. The SMILES string of the molecule is CC(C)CCS(=O)(=O)Nc1cccc(OC(F)(F)F)c1. The van der Waals surface area contributed by atoms with E-state index in [1.807, 2.05) is 13.8 Å². The molecule has 0 aliphatic heterocycles. The fourth-order valence-corrected chi connectivity index (χ4v) is 2.75. The van der Waals surface area contributed by atoms with Crippen molar-refractivity contribution in [1.82, 2.24) is 0 Å². The normalized spacial score (nSPS) is 12.5. The van der Waals surface area contributed by atoms with Gasteiger partial charge in [-0.3, -0.25) is 4.72 Å². The molecule has 0 aliphatic rings. The molecule has 0 amide bonds. The molecule has 0 spiro atoms. The molecule has 4 nitrogen and oxygen atoms in total. The van der Waals surface area contributed by atoms with E-state index in [4.69, 9.17) is 0 Å². The Morgan fingerprint density at radius 2 is 1.95 bits per heavy atom. The summed E-state index contributed by atoms with van der Waals surface area (Å²) in [6.07, 6.45) is -4.34. The van der Waals surface area contributed by atoms with Crippen LogP contribution in [0.3, 0.4) is 0 Å². The first-order valence-electron chi connectivity index (χ1n) is 5.94. The monoisotopic (exact) mass is 311 g/mol. The van der Waals surface area contributed by atoms with Gasteiger partial charge in [-0.05, 0) is 24.5 Å². The van der Waals surface area contributed by atoms with Crippen molar-refractivity contribution < 1.29 is 26.3 Å². The second-order valence-electron chi connectivity index (χ2n) is 4.68. The Morgan fingerprint density at radius 1 is 1.30 bits per heavy atom. The fourth-order valence-electron chi connectivity index (χ4n) is 1.38. The van der Waals surface area contributed by atoms with Crippen LogP contribution in [0.2, 0.25) is 0 Å². The van der Waals surface area contributed by atoms with Gasteiger partial charge >= 0.3 is 6.36 Å². The topological polar surface area (TPSA) is 55.4 Å². The van der Waals surface area contributed by atoms with Crippen LogP contribution in [0.1, 0.15) is 20.3 Å². The standard InChI is InChI=1S/C12H16F3NO3S/c1-9(2)6-7-20(17,18)16-10-4-3-5-11(8-10)19-12(13,14)15/h3-5,8-9,16H,6-7H2,1-2H3. The lowest BCUT2D eigenvalue weighted by molar-refractivity contribution is -0.274. The molecular formula is C12H16F3NO3S. The van der Waals surface area contributed by atoms with Crippen molar-refractivity contribution in [3.05, 3.63) is 24.3 Å². The minimum Gasteiger partial charge on any atom is -0.406 e. The van der Waals surface area contributed by atoms with Gasteiger partial charge in [-0.1, -0.05) is 19.9 Å². The van der Waals surface area contributed by atoms with Crippen LogP contribution < -0.4 is 9.46 Å². The lowest BCUT2D eigenvalue weighted by Gasteiger charge is -2.12. The van der Waals surface area contributed by atoms with Crippen LogP contribution >= 0.6 is 0 Å². The Morgan fingerprint density at radius 3 is 2.50 bits per heavy atom. The lowest BCUT2D eigenvalue weighted by Crippen LogP contribution is -2.19. The molecule has 1 N–H and O–H groups in total. The predicted molar refractivity (Wildman–Crippen MR) is 70.0 cm³/mol. The van der Waals surface area contributed by atoms with Gasteiger partial charge in [0, 0.05) is 6.07 Å². The van der Waals surface area contributed by atoms with Gasteiger partial charge in [0.1, 0.15) is 5.75 Å². The Hall–Kier alpha value is -1.44. The van der Waals surface area contributed by atoms with E-state index in [-0.39, 0.29) is 17.4 Å². The maximum Gasteiger partial charge on any atom is 0.573 e. The van der Waals surface area contributed by atoms with E-state index >= 15 is 0 Å². The quantitative estimate of drug-likeness (QED) is 0.876. The molecule has 1 aromatic carbocycles. The van der Waals surface area contributed by atoms with E-state index in [0.29, 0.717) is 6.42 Å². The van der Waals surface area contributed by atoms with Crippen LogP contribution in [0.15, 0.2) is 24.3 Å². The highest BCUT2D eigenvalue weighted by atomic mass is 32.2. The van der Waals surface area contributed by atoms with Gasteiger partial charge in [-0.2, -0.15) is 0 Å². The third-order valence-electron chi connectivity index (χ3n) is 2.30. The van der Waals surface area contributed by atoms with Gasteiger partial charge in [-0.15, -0.1) is 13.2 Å². The average Bonchev–Trinajstić information content (AvgIpc) is 2.24. The van der Waals surface area contributed by atoms with Crippen molar-refractivity contribution in [2.24, 2.45) is 5.92 Å². The van der Waals surface area contributed by atoms with Crippen LogP contribution in [0, 0.1) is 5.92 Å². The summed E-state index contributed by atoms with van der Waals surface area (Å²) in [5.41, 5.74) is 0.0375. The zero-order valence-corrected chi connectivity index (χ0v) is 11.9. The van der Waals surface area contributed by atoms with Gasteiger partial charge in [0.05, 0.1) is 11.4 Å². The molecule has 0 bridgehead atoms. The van der Waals surface area contributed by atoms with E-state index in [0.717, 1.165) is 12.1 Å². The average molecular weight is 311 g/mol. The summed E-state index contributed by atoms with van der Waals surface area (Å²) in [5.74, 6) is -0.345. The molecule has 0 saturated carbocycles. The molecule has 20 heavy (non-hydrogen) atoms. The Kier molecular flexibility index (Phi) is 5.27. The van der Waals surface area contributed by atoms with Crippen LogP contribution in [-0.2, 0) is 10.0 Å². The molecule has 1 rings (SSSR count). The fraction of sp³-hybridized carbons (Fsp3) is 0.500. The van der Waals surface area contributed by atoms with Gasteiger partial charge < -0.3 is 4.74 Å². The zero-order chi connectivity index (χ0) is 15.4. The number of hydrogen-bond donors (Lipinski definition) is 1. The van der Waals surface area contributed by atoms with Crippen molar-refractivity contribution >= 4 is 15.7 Å². The molecule has 0 aromatic heterocycles. The maximum absolute atomic E-state index is 12.1. The van der Waals surface area contributed by atoms with Crippen LogP contribution in [0.4, 0.5) is 18.9 Å². The Labute approximate surface area is 116 Å². The summed E-state index contributed by atoms with van der Waals surface area (Å²) in [6, 6.07) is 4.72. The first kappa shape index (κ1) is 16.6. The van der Waals surface area contributed by atoms with Gasteiger partial charge in [0.15, 0.2) is 0 Å². The molecule has 0 heterocycles. The highest BCUT2D eigenvalue weighted by molar-refractivity contribution is 7.92. The van der Waals surface area contributed by atoms with Crippen LogP contribution in [0.5, 0.6) is 5.75 Å². The third kappa shape index (κ3) is 6.65. The molecule has 0 aliphatic carbocycles. The highest BCUT2D eigenvalue weighted by Crippen LogP contribution is 2.25. The minimum atomic E-state index is -4.81. The molecule has 0 unspecified atom stereocenters. The van der Waals surface area contributed by atoms with Crippen molar-refractivity contribution in [3.8, 4) is 5.75 Å². The van der Waals surface area contributed by atoms with Crippen molar-refractivity contribution in [2.45, 2.75) is 26.6 Å². The van der Waals surface area contributed by atoms with Gasteiger partial charge in [-0.25, -0.2) is 8.42 Å². The molecular weight excluding hydrogens is 295 g/mol. The third-order valence-corrected chi connectivity index (χ3v) is 3.62. The van der Waals surface area contributed by atoms with Crippen molar-refractivity contribution in [2.75, 3.05) is 10.5 Å². The van der Waals surface area contributed by atoms with Crippen LogP contribution in [-0.4, -0.2) is 20.5 Å². The van der Waals surface area contributed by atoms with Gasteiger partial charge in [0.25, 0.3) is 0 Å². The number of hydrogen-bond acceptors (Lipinski definition) is 3. The molecule has 0 saturated heterocycles. The van der Waals surface area contributed by atoms with E-state index in [1.54, 1.807) is 0 Å². The first-order valence-corrected chi connectivity index (χ1v) is 7.59. The maximum atomic E-state index is 12.1. The number of rotatable bonds is 6. The second kappa shape index (κ2) is 6.34. The van der Waals surface area contributed by atoms with Crippen molar-refractivity contribution in [3.63, 3.8) is 0 Å². The van der Waals surface area contributed by atoms with E-state index in [1.165, 1.54) is 12.1 Å². The largest absolute Gasteiger partial charge is 0.573 e. The molecule has 8 heteroatoms. The molecule has 0 radical (unpaired) electrons. The predicted octanol–water partition coefficient (Wildman–Crippen LogP) is 3.37. The Bertz CT molecular complexity index is 541. The first-order chi connectivity index (χ1) is 9.07. The smallest absolute Gasteiger partial charge is 0.406 e. The van der Waals surface area contributed by atoms with Gasteiger partial charge in [0.2, 0.25) is 10.0 Å². The van der Waals surface area contributed by atoms with E-state index < -0.39 is 22.1 Å². The summed E-state index contributed by atoms with van der Waals surface area (Å²) in [4.78, 5) is 0. The Balaban J connectivity index is 2.75. The molecule has 0 fully saturated rings. The van der Waals surface area contributed by atoms with E-state index in [2.05, 4.69) is 9.46 Å². The molecule has 0 atom stereocenters. The lowest BCUT2D eigenvalue weighted by atomic mass is 10.2. The highest BCUT2D eigenvalue weighted by Gasteiger charge is 2.31. The summed E-state index contributed by atoms with van der Waals surface area (Å²) >= 11 is 0. The number of sulfonamides is 1. The number of halogens is 3. The minimum absolute atomic E-state index is 0.0375. The number of nitrogens with one attached hydrogen (secondary N) is 1. The number of benzene rings is 1. The number of ether oxygens (including phenoxy) is 1. The second-order valence-corrected chi connectivity index (χ2v) is 6.52. The number of anilines is 1. The summed E-state index contributed by atoms with van der Waals surface area (Å²) in [5, 5.41) is 0. The molecule has 1 aromatic rings. The summed E-state index contributed by atoms with van der Waals surface area (Å²) < 4.78 is 65.6. The summed E-state index contributed by atoms with van der Waals surface area (Å²) in [7, 11) is -3.58. The number of alkyl halides is 3. The van der Waals surface area contributed by atoms with E-state index in [9.17, 15) is 21.6 Å². The zero-order valence-electron chi connectivity index (χ0n) is 11.1. The van der Waals surface area contributed by atoms with Crippen molar-refractivity contribution in [1.29, 1.82) is 0 Å². The molecule has 114 valence electrons.